The highest BCUT2D eigenvalue weighted by atomic mass is 32.2. The van der Waals surface area contributed by atoms with Crippen LogP contribution in [-0.2, 0) is 4.79 Å². The second-order valence-electron chi connectivity index (χ2n) is 6.37. The van der Waals surface area contributed by atoms with E-state index in [0.29, 0.717) is 29.0 Å². The third kappa shape index (κ3) is 2.97. The largest absolute Gasteiger partial charge is 0.493 e. The number of hydrogen-bond acceptors (Lipinski definition) is 7. The van der Waals surface area contributed by atoms with Gasteiger partial charge in [0, 0.05) is 23.3 Å². The molecule has 27 heavy (non-hydrogen) atoms. The van der Waals surface area contributed by atoms with Gasteiger partial charge in [0.2, 0.25) is 11.1 Å². The lowest BCUT2D eigenvalue weighted by atomic mass is 9.85. The third-order valence-electron chi connectivity index (χ3n) is 4.85. The van der Waals surface area contributed by atoms with Crippen LogP contribution >= 0.6 is 11.8 Å². The van der Waals surface area contributed by atoms with E-state index in [1.807, 2.05) is 18.2 Å². The van der Waals surface area contributed by atoms with E-state index in [1.165, 1.54) is 0 Å². The smallest absolute Gasteiger partial charge is 0.227 e. The molecule has 142 valence electrons. The van der Waals surface area contributed by atoms with Gasteiger partial charge in [0.15, 0.2) is 17.3 Å². The molecule has 7 nitrogen and oxygen atoms in total. The number of para-hydroxylation sites is 1. The van der Waals surface area contributed by atoms with E-state index in [9.17, 15) is 4.79 Å². The first-order valence-corrected chi connectivity index (χ1v) is 10.00. The van der Waals surface area contributed by atoms with Crippen LogP contribution in [0.25, 0.3) is 0 Å². The molecule has 1 N–H and O–H groups in total. The number of rotatable bonds is 5. The van der Waals surface area contributed by atoms with E-state index < -0.39 is 0 Å². The van der Waals surface area contributed by atoms with E-state index in [2.05, 4.69) is 22.3 Å². The van der Waals surface area contributed by atoms with Crippen molar-refractivity contribution in [3.8, 4) is 11.5 Å². The maximum atomic E-state index is 12.9. The number of hydrogen-bond donors (Lipinski definition) is 1. The van der Waals surface area contributed by atoms with Crippen molar-refractivity contribution in [2.24, 2.45) is 0 Å². The molecule has 0 unspecified atom stereocenters. The fourth-order valence-corrected chi connectivity index (χ4v) is 4.30. The van der Waals surface area contributed by atoms with Crippen molar-refractivity contribution in [2.45, 2.75) is 37.4 Å². The lowest BCUT2D eigenvalue weighted by Gasteiger charge is -2.32. The molecule has 0 fully saturated rings. The van der Waals surface area contributed by atoms with E-state index in [-0.39, 0.29) is 11.8 Å². The summed E-state index contributed by atoms with van der Waals surface area (Å²) in [6.07, 6.45) is 2.22. The Morgan fingerprint density at radius 1 is 1.30 bits per heavy atom. The van der Waals surface area contributed by atoms with E-state index in [0.717, 1.165) is 35.4 Å². The SMILES string of the molecule is CCSc1nc2n(n1)[C@H](c1cccc(OC)c1OC)C1=C(CCCC1=O)N2. The van der Waals surface area contributed by atoms with Gasteiger partial charge < -0.3 is 14.8 Å². The molecule has 8 heteroatoms. The van der Waals surface area contributed by atoms with Gasteiger partial charge in [0.25, 0.3) is 0 Å². The van der Waals surface area contributed by atoms with Crippen molar-refractivity contribution in [1.29, 1.82) is 0 Å². The zero-order valence-electron chi connectivity index (χ0n) is 15.6. The quantitative estimate of drug-likeness (QED) is 0.789. The third-order valence-corrected chi connectivity index (χ3v) is 5.57. The Balaban J connectivity index is 1.93. The number of Topliss-reactive ketones (excluding diaryl/α,β-unsaturated/α-hetero) is 1. The van der Waals surface area contributed by atoms with Crippen molar-refractivity contribution in [1.82, 2.24) is 14.8 Å². The summed E-state index contributed by atoms with van der Waals surface area (Å²) in [5.74, 6) is 2.92. The van der Waals surface area contributed by atoms with Crippen LogP contribution in [0.2, 0.25) is 0 Å². The zero-order valence-corrected chi connectivity index (χ0v) is 16.4. The maximum Gasteiger partial charge on any atom is 0.227 e. The standard InChI is InChI=1S/C19H22N4O3S/c1-4-27-19-21-18-20-12-8-6-9-13(24)15(12)16(23(18)22-19)11-7-5-10-14(25-2)17(11)26-3/h5,7,10,16H,4,6,8-9H2,1-3H3,(H,20,21,22)/t16-/m1/s1. The predicted octanol–water partition coefficient (Wildman–Crippen LogP) is 3.43. The highest BCUT2D eigenvalue weighted by Gasteiger charge is 2.38. The number of ether oxygens (including phenoxy) is 2. The van der Waals surface area contributed by atoms with Crippen molar-refractivity contribution in [2.75, 3.05) is 25.3 Å². The van der Waals surface area contributed by atoms with Crippen LogP contribution in [0.15, 0.2) is 34.6 Å². The number of aromatic nitrogens is 3. The van der Waals surface area contributed by atoms with Gasteiger partial charge >= 0.3 is 0 Å². The van der Waals surface area contributed by atoms with Gasteiger partial charge in [-0.1, -0.05) is 30.8 Å². The number of methoxy groups -OCH3 is 2. The molecule has 1 aromatic heterocycles. The fourth-order valence-electron chi connectivity index (χ4n) is 3.74. The van der Waals surface area contributed by atoms with Gasteiger partial charge in [0.1, 0.15) is 6.04 Å². The molecule has 2 aliphatic rings. The molecule has 0 amide bonds. The first kappa shape index (κ1) is 17.9. The van der Waals surface area contributed by atoms with Crippen molar-refractivity contribution >= 4 is 23.5 Å². The second kappa shape index (κ2) is 7.26. The summed E-state index contributed by atoms with van der Waals surface area (Å²) >= 11 is 1.58. The molecule has 2 aromatic rings. The molecular weight excluding hydrogens is 364 g/mol. The van der Waals surface area contributed by atoms with Crippen LogP contribution in [0.1, 0.15) is 37.8 Å². The molecule has 0 bridgehead atoms. The van der Waals surface area contributed by atoms with Gasteiger partial charge in [-0.25, -0.2) is 4.68 Å². The Labute approximate surface area is 162 Å². The van der Waals surface area contributed by atoms with Crippen molar-refractivity contribution in [3.63, 3.8) is 0 Å². The summed E-state index contributed by atoms with van der Waals surface area (Å²) < 4.78 is 12.9. The van der Waals surface area contributed by atoms with Gasteiger partial charge in [-0.15, -0.1) is 5.10 Å². The maximum absolute atomic E-state index is 12.9. The first-order valence-electron chi connectivity index (χ1n) is 9.01. The van der Waals surface area contributed by atoms with Crippen LogP contribution in [-0.4, -0.2) is 40.5 Å². The molecule has 0 saturated heterocycles. The number of ketones is 1. The van der Waals surface area contributed by atoms with Gasteiger partial charge in [-0.2, -0.15) is 4.98 Å². The number of thioether (sulfide) groups is 1. The zero-order chi connectivity index (χ0) is 19.0. The Morgan fingerprint density at radius 3 is 2.89 bits per heavy atom. The Hall–Kier alpha value is -2.48. The molecule has 1 aliphatic carbocycles. The molecule has 1 aliphatic heterocycles. The molecule has 1 aromatic carbocycles. The number of fused-ring (bicyclic) bond motifs is 1. The number of nitrogens with zero attached hydrogens (tertiary/aromatic N) is 3. The van der Waals surface area contributed by atoms with Gasteiger partial charge in [-0.3, -0.25) is 4.79 Å². The lowest BCUT2D eigenvalue weighted by Crippen LogP contribution is -2.31. The molecule has 0 saturated carbocycles. The summed E-state index contributed by atoms with van der Waals surface area (Å²) in [4.78, 5) is 17.5. The van der Waals surface area contributed by atoms with E-state index in [4.69, 9.17) is 9.47 Å². The number of allylic oxidation sites excluding steroid dienone is 2. The second-order valence-corrected chi connectivity index (χ2v) is 7.61. The Bertz CT molecular complexity index is 922. The van der Waals surface area contributed by atoms with E-state index in [1.54, 1.807) is 30.7 Å². The number of anilines is 1. The Morgan fingerprint density at radius 2 is 2.15 bits per heavy atom. The number of carbonyl (C=O) groups excluding carboxylic acids is 1. The average molecular weight is 386 g/mol. The minimum absolute atomic E-state index is 0.143. The van der Waals surface area contributed by atoms with Crippen molar-refractivity contribution in [3.05, 3.63) is 35.0 Å². The number of benzene rings is 1. The predicted molar refractivity (Wildman–Crippen MR) is 104 cm³/mol. The molecule has 0 radical (unpaired) electrons. The monoisotopic (exact) mass is 386 g/mol. The highest BCUT2D eigenvalue weighted by Crippen LogP contribution is 2.45. The molecule has 2 heterocycles. The molecular formula is C19H22N4O3S. The summed E-state index contributed by atoms with van der Waals surface area (Å²) in [5, 5.41) is 8.71. The van der Waals surface area contributed by atoms with Crippen LogP contribution in [0, 0.1) is 0 Å². The summed E-state index contributed by atoms with van der Waals surface area (Å²) in [7, 11) is 3.22. The summed E-state index contributed by atoms with van der Waals surface area (Å²) in [6.45, 7) is 2.06. The van der Waals surface area contributed by atoms with Crippen LogP contribution in [0.3, 0.4) is 0 Å². The minimum Gasteiger partial charge on any atom is -0.493 e. The molecule has 4 rings (SSSR count). The van der Waals surface area contributed by atoms with Crippen LogP contribution in [0.4, 0.5) is 5.95 Å². The van der Waals surface area contributed by atoms with Gasteiger partial charge in [-0.05, 0) is 24.7 Å². The minimum atomic E-state index is -0.382. The summed E-state index contributed by atoms with van der Waals surface area (Å²) in [5.41, 5.74) is 2.53. The van der Waals surface area contributed by atoms with Crippen LogP contribution < -0.4 is 14.8 Å². The van der Waals surface area contributed by atoms with E-state index >= 15 is 0 Å². The van der Waals surface area contributed by atoms with Gasteiger partial charge in [0.05, 0.1) is 14.2 Å². The van der Waals surface area contributed by atoms with Crippen LogP contribution in [0.5, 0.6) is 11.5 Å². The highest BCUT2D eigenvalue weighted by molar-refractivity contribution is 7.99. The number of carbonyl (C=O) groups is 1. The average Bonchev–Trinajstić information content (AvgIpc) is 3.08. The normalized spacial score (nSPS) is 18.6. The molecule has 0 spiro atoms. The summed E-state index contributed by atoms with van der Waals surface area (Å²) in [6, 6.07) is 5.34. The lowest BCUT2D eigenvalue weighted by molar-refractivity contribution is -0.116. The number of nitrogens with one attached hydrogen (secondary N) is 1. The first-order chi connectivity index (χ1) is 13.2. The fraction of sp³-hybridized carbons (Fsp3) is 0.421. The Kier molecular flexibility index (Phi) is 4.82. The topological polar surface area (TPSA) is 78.3 Å². The molecule has 1 atom stereocenters. The van der Waals surface area contributed by atoms with Crippen molar-refractivity contribution < 1.29 is 14.3 Å².